The van der Waals surface area contributed by atoms with Gasteiger partial charge in [0.05, 0.1) is 24.6 Å². The molecule has 1 fully saturated rings. The van der Waals surface area contributed by atoms with Gasteiger partial charge in [0.1, 0.15) is 0 Å². The van der Waals surface area contributed by atoms with Crippen LogP contribution in [0.1, 0.15) is 40.9 Å². The zero-order valence-electron chi connectivity index (χ0n) is 22.7. The van der Waals surface area contributed by atoms with Crippen LogP contribution in [0.4, 0.5) is 17.3 Å². The van der Waals surface area contributed by atoms with Crippen LogP contribution < -0.4 is 16.0 Å². The summed E-state index contributed by atoms with van der Waals surface area (Å²) in [6.45, 7) is 9.39. The SMILES string of the molecule is CCc1ccc(CC2CNCCO2)cc1NC(=O)c1ccc(Nc2ncc(C)c(-c3cnn(CC)c3)n2)cc1. The minimum atomic E-state index is -0.147. The summed E-state index contributed by atoms with van der Waals surface area (Å²) in [6, 6.07) is 13.6. The van der Waals surface area contributed by atoms with Crippen LogP contribution in [0.2, 0.25) is 0 Å². The van der Waals surface area contributed by atoms with E-state index in [0.29, 0.717) is 11.5 Å². The lowest BCUT2D eigenvalue weighted by Crippen LogP contribution is -2.39. The van der Waals surface area contributed by atoms with Gasteiger partial charge >= 0.3 is 0 Å². The van der Waals surface area contributed by atoms with Gasteiger partial charge in [-0.05, 0) is 73.7 Å². The van der Waals surface area contributed by atoms with Gasteiger partial charge in [0.15, 0.2) is 0 Å². The summed E-state index contributed by atoms with van der Waals surface area (Å²) < 4.78 is 7.73. The van der Waals surface area contributed by atoms with E-state index in [9.17, 15) is 4.79 Å². The fraction of sp³-hybridized carbons (Fsp3) is 0.333. The number of carbonyl (C=O) groups excluding carboxylic acids is 1. The number of benzene rings is 2. The molecule has 202 valence electrons. The number of hydrogen-bond donors (Lipinski definition) is 3. The lowest BCUT2D eigenvalue weighted by molar-refractivity contribution is 0.0292. The number of carbonyl (C=O) groups is 1. The number of rotatable bonds is 9. The largest absolute Gasteiger partial charge is 0.375 e. The van der Waals surface area contributed by atoms with Gasteiger partial charge in [0.2, 0.25) is 5.95 Å². The summed E-state index contributed by atoms with van der Waals surface area (Å²) in [6.07, 6.45) is 7.38. The Morgan fingerprint density at radius 2 is 2.00 bits per heavy atom. The zero-order chi connectivity index (χ0) is 27.2. The molecule has 1 aliphatic rings. The number of amides is 1. The maximum atomic E-state index is 13.1. The van der Waals surface area contributed by atoms with E-state index in [1.165, 1.54) is 0 Å². The molecule has 3 heterocycles. The van der Waals surface area contributed by atoms with E-state index in [1.54, 1.807) is 18.3 Å². The molecule has 4 aromatic rings. The average Bonchev–Trinajstić information content (AvgIpc) is 3.44. The second-order valence-electron chi connectivity index (χ2n) is 9.71. The molecule has 1 atom stereocenters. The molecule has 3 N–H and O–H groups in total. The highest BCUT2D eigenvalue weighted by molar-refractivity contribution is 6.04. The van der Waals surface area contributed by atoms with Gasteiger partial charge in [0, 0.05) is 54.5 Å². The summed E-state index contributed by atoms with van der Waals surface area (Å²) in [7, 11) is 0. The summed E-state index contributed by atoms with van der Waals surface area (Å²) in [5.41, 5.74) is 7.22. The lowest BCUT2D eigenvalue weighted by Gasteiger charge is -2.24. The number of aromatic nitrogens is 4. The second-order valence-corrected chi connectivity index (χ2v) is 9.71. The van der Waals surface area contributed by atoms with E-state index in [4.69, 9.17) is 9.72 Å². The first kappa shape index (κ1) is 26.5. The minimum absolute atomic E-state index is 0.147. The molecule has 0 saturated carbocycles. The third-order valence-corrected chi connectivity index (χ3v) is 6.88. The molecule has 9 heteroatoms. The molecule has 1 unspecified atom stereocenters. The minimum Gasteiger partial charge on any atom is -0.375 e. The highest BCUT2D eigenvalue weighted by atomic mass is 16.5. The monoisotopic (exact) mass is 525 g/mol. The Kier molecular flexibility index (Phi) is 8.29. The van der Waals surface area contributed by atoms with Crippen molar-refractivity contribution in [2.24, 2.45) is 0 Å². The van der Waals surface area contributed by atoms with Crippen LogP contribution in [0.15, 0.2) is 61.1 Å². The number of ether oxygens (including phenoxy) is 1. The molecular weight excluding hydrogens is 490 g/mol. The number of aryl methyl sites for hydroxylation is 3. The zero-order valence-corrected chi connectivity index (χ0v) is 22.7. The fourth-order valence-corrected chi connectivity index (χ4v) is 4.67. The molecule has 9 nitrogen and oxygen atoms in total. The second kappa shape index (κ2) is 12.2. The van der Waals surface area contributed by atoms with E-state index in [0.717, 1.165) is 78.4 Å². The van der Waals surface area contributed by atoms with Crippen LogP contribution in [0, 0.1) is 6.92 Å². The van der Waals surface area contributed by atoms with Gasteiger partial charge < -0.3 is 20.7 Å². The molecule has 0 radical (unpaired) electrons. The van der Waals surface area contributed by atoms with Crippen LogP contribution in [-0.2, 0) is 24.1 Å². The normalized spacial score (nSPS) is 15.2. The number of nitrogens with one attached hydrogen (secondary N) is 3. The van der Waals surface area contributed by atoms with Gasteiger partial charge in [0.25, 0.3) is 5.91 Å². The van der Waals surface area contributed by atoms with Crippen LogP contribution in [-0.4, -0.2) is 51.5 Å². The van der Waals surface area contributed by atoms with Crippen molar-refractivity contribution in [1.29, 1.82) is 0 Å². The molecule has 5 rings (SSSR count). The molecule has 1 saturated heterocycles. The Labute approximate surface area is 229 Å². The average molecular weight is 526 g/mol. The lowest BCUT2D eigenvalue weighted by atomic mass is 10.0. The molecule has 39 heavy (non-hydrogen) atoms. The number of hydrogen-bond acceptors (Lipinski definition) is 7. The van der Waals surface area contributed by atoms with Gasteiger partial charge in [-0.25, -0.2) is 9.97 Å². The van der Waals surface area contributed by atoms with E-state index in [2.05, 4.69) is 51.2 Å². The Balaban J connectivity index is 1.26. The van der Waals surface area contributed by atoms with Crippen LogP contribution in [0.3, 0.4) is 0 Å². The number of morpholine rings is 1. The fourth-order valence-electron chi connectivity index (χ4n) is 4.67. The summed E-state index contributed by atoms with van der Waals surface area (Å²) in [5, 5.41) is 14.1. The molecule has 2 aromatic heterocycles. The Hall–Kier alpha value is -4.08. The third-order valence-electron chi connectivity index (χ3n) is 6.88. The predicted octanol–water partition coefficient (Wildman–Crippen LogP) is 4.76. The molecule has 0 bridgehead atoms. The molecule has 2 aromatic carbocycles. The molecule has 0 spiro atoms. The molecule has 1 amide bonds. The number of anilines is 3. The van der Waals surface area contributed by atoms with Crippen LogP contribution >= 0.6 is 0 Å². The molecular formula is C30H35N7O2. The van der Waals surface area contributed by atoms with Gasteiger partial charge in [-0.3, -0.25) is 9.48 Å². The smallest absolute Gasteiger partial charge is 0.255 e. The van der Waals surface area contributed by atoms with Crippen molar-refractivity contribution < 1.29 is 9.53 Å². The highest BCUT2D eigenvalue weighted by Gasteiger charge is 2.16. The van der Waals surface area contributed by atoms with Crippen molar-refractivity contribution in [2.75, 3.05) is 30.3 Å². The van der Waals surface area contributed by atoms with Crippen LogP contribution in [0.25, 0.3) is 11.3 Å². The van der Waals surface area contributed by atoms with E-state index in [-0.39, 0.29) is 12.0 Å². The quantitative estimate of drug-likeness (QED) is 0.289. The number of nitrogens with zero attached hydrogens (tertiary/aromatic N) is 4. The molecule has 0 aliphatic carbocycles. The first-order valence-electron chi connectivity index (χ1n) is 13.5. The first-order chi connectivity index (χ1) is 19.0. The summed E-state index contributed by atoms with van der Waals surface area (Å²) in [5.74, 6) is 0.337. The molecule has 1 aliphatic heterocycles. The topological polar surface area (TPSA) is 106 Å². The Morgan fingerprint density at radius 3 is 2.72 bits per heavy atom. The first-order valence-corrected chi connectivity index (χ1v) is 13.5. The van der Waals surface area contributed by atoms with Crippen molar-refractivity contribution in [3.05, 3.63) is 83.3 Å². The Morgan fingerprint density at radius 1 is 1.15 bits per heavy atom. The Bertz CT molecular complexity index is 1430. The van der Waals surface area contributed by atoms with Gasteiger partial charge in [-0.15, -0.1) is 0 Å². The van der Waals surface area contributed by atoms with E-state index < -0.39 is 0 Å². The maximum Gasteiger partial charge on any atom is 0.255 e. The van der Waals surface area contributed by atoms with Gasteiger partial charge in [-0.2, -0.15) is 5.10 Å². The van der Waals surface area contributed by atoms with Crippen LogP contribution in [0.5, 0.6) is 0 Å². The summed E-state index contributed by atoms with van der Waals surface area (Å²) >= 11 is 0. The van der Waals surface area contributed by atoms with Crippen molar-refractivity contribution in [3.63, 3.8) is 0 Å². The van der Waals surface area contributed by atoms with Crippen molar-refractivity contribution in [1.82, 2.24) is 25.1 Å². The van der Waals surface area contributed by atoms with Gasteiger partial charge in [-0.1, -0.05) is 19.1 Å². The summed E-state index contributed by atoms with van der Waals surface area (Å²) in [4.78, 5) is 22.2. The maximum absolute atomic E-state index is 13.1. The standard InChI is InChI=1S/C30H35N7O2/c1-4-22-7-6-21(14-26-18-31-12-13-39-26)15-27(22)35-29(38)23-8-10-25(11-9-23)34-30-32-16-20(3)28(36-30)24-17-33-37(5-2)19-24/h6-11,15-17,19,26,31H,4-5,12-14,18H2,1-3H3,(H,35,38)(H,32,34,36). The van der Waals surface area contributed by atoms with Crippen molar-refractivity contribution >= 4 is 23.2 Å². The van der Waals surface area contributed by atoms with E-state index in [1.807, 2.05) is 43.1 Å². The van der Waals surface area contributed by atoms with Crippen molar-refractivity contribution in [3.8, 4) is 11.3 Å². The third kappa shape index (κ3) is 6.50. The van der Waals surface area contributed by atoms with E-state index >= 15 is 0 Å². The highest BCUT2D eigenvalue weighted by Crippen LogP contribution is 2.24. The van der Waals surface area contributed by atoms with Crippen molar-refractivity contribution in [2.45, 2.75) is 46.3 Å². The predicted molar refractivity (Wildman–Crippen MR) is 153 cm³/mol.